The molecule has 2 atom stereocenters. The number of carbonyl (C=O) groups is 1. The number of nitrogens with zero attached hydrogens (tertiary/aromatic N) is 5. The fraction of sp³-hybridized carbons (Fsp3) is 0.650. The van der Waals surface area contributed by atoms with Gasteiger partial charge in [0.25, 0.3) is 5.91 Å². The van der Waals surface area contributed by atoms with Crippen LogP contribution >= 0.6 is 0 Å². The Morgan fingerprint density at radius 2 is 2.11 bits per heavy atom. The molecule has 146 valence electrons. The van der Waals surface area contributed by atoms with Crippen molar-refractivity contribution in [3.63, 3.8) is 0 Å². The lowest BCUT2D eigenvalue weighted by Gasteiger charge is -2.48. The van der Waals surface area contributed by atoms with E-state index in [0.29, 0.717) is 18.7 Å². The number of amides is 1. The minimum absolute atomic E-state index is 0.0823. The molecule has 2 unspecified atom stereocenters. The van der Waals surface area contributed by atoms with Gasteiger partial charge in [0, 0.05) is 38.4 Å². The molecule has 1 amide bonds. The first-order chi connectivity index (χ1) is 13.0. The van der Waals surface area contributed by atoms with E-state index in [4.69, 9.17) is 4.74 Å². The molecule has 2 fully saturated rings. The topological polar surface area (TPSA) is 63.5 Å². The van der Waals surface area contributed by atoms with Gasteiger partial charge in [0.1, 0.15) is 0 Å². The molecule has 2 aliphatic rings. The minimum atomic E-state index is 0.0823. The van der Waals surface area contributed by atoms with Gasteiger partial charge in [-0.2, -0.15) is 5.10 Å². The van der Waals surface area contributed by atoms with Crippen molar-refractivity contribution in [3.8, 4) is 0 Å². The van der Waals surface area contributed by atoms with Crippen molar-refractivity contribution < 1.29 is 9.53 Å². The van der Waals surface area contributed by atoms with E-state index in [1.54, 1.807) is 4.68 Å². The quantitative estimate of drug-likeness (QED) is 0.825. The van der Waals surface area contributed by atoms with Crippen LogP contribution in [-0.4, -0.2) is 75.4 Å². The van der Waals surface area contributed by atoms with Gasteiger partial charge in [-0.15, -0.1) is 0 Å². The van der Waals surface area contributed by atoms with E-state index in [1.807, 2.05) is 31.9 Å². The van der Waals surface area contributed by atoms with Gasteiger partial charge in [0.05, 0.1) is 35.9 Å². The molecule has 0 bridgehead atoms. The SMILES string of the molecule is CCCC1COCC2CN(C(=O)c3cc(C)nc4c3c(C)nn4C)CCN12. The van der Waals surface area contributed by atoms with Crippen LogP contribution in [0.1, 0.15) is 41.5 Å². The Labute approximate surface area is 160 Å². The molecular weight excluding hydrogens is 342 g/mol. The number of hydrogen-bond donors (Lipinski definition) is 0. The Hall–Kier alpha value is -1.99. The van der Waals surface area contributed by atoms with E-state index in [2.05, 4.69) is 21.9 Å². The van der Waals surface area contributed by atoms with Crippen LogP contribution in [0.15, 0.2) is 6.07 Å². The summed E-state index contributed by atoms with van der Waals surface area (Å²) in [6.45, 7) is 10.0. The highest BCUT2D eigenvalue weighted by molar-refractivity contribution is 6.06. The number of carbonyl (C=O) groups excluding carboxylic acids is 1. The molecule has 0 saturated carbocycles. The summed E-state index contributed by atoms with van der Waals surface area (Å²) in [5, 5.41) is 5.34. The number of ether oxygens (including phenoxy) is 1. The van der Waals surface area contributed by atoms with Crippen LogP contribution in [0, 0.1) is 13.8 Å². The minimum Gasteiger partial charge on any atom is -0.378 e. The summed E-state index contributed by atoms with van der Waals surface area (Å²) in [4.78, 5) is 22.5. The standard InChI is InChI=1S/C20H29N5O2/c1-5-6-15-11-27-12-16-10-24(7-8-25(15)16)20(26)17-9-13(2)21-19-18(17)14(3)22-23(19)4/h9,15-16H,5-8,10-12H2,1-4H3. The Morgan fingerprint density at radius 3 is 2.89 bits per heavy atom. The van der Waals surface area contributed by atoms with Crippen molar-refractivity contribution in [2.24, 2.45) is 7.05 Å². The lowest BCUT2D eigenvalue weighted by Crippen LogP contribution is -2.62. The molecule has 2 aromatic heterocycles. The summed E-state index contributed by atoms with van der Waals surface area (Å²) in [5.74, 6) is 0.0823. The normalized spacial score (nSPS) is 23.6. The fourth-order valence-electron chi connectivity index (χ4n) is 4.61. The zero-order valence-electron chi connectivity index (χ0n) is 16.7. The average Bonchev–Trinajstić information content (AvgIpc) is 2.94. The smallest absolute Gasteiger partial charge is 0.254 e. The Bertz CT molecular complexity index is 860. The van der Waals surface area contributed by atoms with E-state index in [-0.39, 0.29) is 5.91 Å². The summed E-state index contributed by atoms with van der Waals surface area (Å²) >= 11 is 0. The van der Waals surface area contributed by atoms with Crippen LogP contribution in [0.4, 0.5) is 0 Å². The largest absolute Gasteiger partial charge is 0.378 e. The summed E-state index contributed by atoms with van der Waals surface area (Å²) in [6, 6.07) is 2.69. The van der Waals surface area contributed by atoms with Gasteiger partial charge >= 0.3 is 0 Å². The predicted octanol–water partition coefficient (Wildman–Crippen LogP) is 1.91. The van der Waals surface area contributed by atoms with E-state index in [1.165, 1.54) is 0 Å². The molecule has 4 rings (SSSR count). The maximum Gasteiger partial charge on any atom is 0.254 e. The van der Waals surface area contributed by atoms with Crippen molar-refractivity contribution in [2.75, 3.05) is 32.8 Å². The second kappa shape index (κ2) is 7.20. The molecule has 0 N–H and O–H groups in total. The molecule has 27 heavy (non-hydrogen) atoms. The fourth-order valence-corrected chi connectivity index (χ4v) is 4.61. The summed E-state index contributed by atoms with van der Waals surface area (Å²) < 4.78 is 7.61. The van der Waals surface area contributed by atoms with Crippen LogP contribution in [0.5, 0.6) is 0 Å². The van der Waals surface area contributed by atoms with Crippen LogP contribution in [0.25, 0.3) is 11.0 Å². The van der Waals surface area contributed by atoms with Crippen LogP contribution < -0.4 is 0 Å². The molecular formula is C20H29N5O2. The number of pyridine rings is 1. The van der Waals surface area contributed by atoms with Gasteiger partial charge in [-0.1, -0.05) is 13.3 Å². The molecule has 4 heterocycles. The maximum atomic E-state index is 13.4. The highest BCUT2D eigenvalue weighted by atomic mass is 16.5. The summed E-state index contributed by atoms with van der Waals surface area (Å²) in [5.41, 5.74) is 3.19. The van der Waals surface area contributed by atoms with E-state index in [9.17, 15) is 4.79 Å². The van der Waals surface area contributed by atoms with Crippen LogP contribution in [-0.2, 0) is 11.8 Å². The Morgan fingerprint density at radius 1 is 1.30 bits per heavy atom. The van der Waals surface area contributed by atoms with Crippen molar-refractivity contribution in [1.29, 1.82) is 0 Å². The summed E-state index contributed by atoms with van der Waals surface area (Å²) in [7, 11) is 1.88. The van der Waals surface area contributed by atoms with Gasteiger partial charge < -0.3 is 9.64 Å². The maximum absolute atomic E-state index is 13.4. The highest BCUT2D eigenvalue weighted by Gasteiger charge is 2.37. The zero-order chi connectivity index (χ0) is 19.1. The van der Waals surface area contributed by atoms with Gasteiger partial charge in [-0.25, -0.2) is 4.98 Å². The number of aryl methyl sites for hydroxylation is 3. The molecule has 0 radical (unpaired) electrons. The lowest BCUT2D eigenvalue weighted by atomic mass is 10.0. The van der Waals surface area contributed by atoms with Crippen LogP contribution in [0.3, 0.4) is 0 Å². The lowest BCUT2D eigenvalue weighted by molar-refractivity contribution is -0.0776. The number of rotatable bonds is 3. The van der Waals surface area contributed by atoms with Crippen molar-refractivity contribution in [1.82, 2.24) is 24.6 Å². The monoisotopic (exact) mass is 371 g/mol. The van der Waals surface area contributed by atoms with Crippen LogP contribution in [0.2, 0.25) is 0 Å². The molecule has 2 aromatic rings. The molecule has 0 aliphatic carbocycles. The summed E-state index contributed by atoms with van der Waals surface area (Å²) in [6.07, 6.45) is 2.32. The first kappa shape index (κ1) is 18.4. The first-order valence-corrected chi connectivity index (χ1v) is 9.93. The average molecular weight is 371 g/mol. The molecule has 7 heteroatoms. The molecule has 0 aromatic carbocycles. The molecule has 2 aliphatic heterocycles. The Balaban J connectivity index is 1.60. The highest BCUT2D eigenvalue weighted by Crippen LogP contribution is 2.26. The molecule has 0 spiro atoms. The Kier molecular flexibility index (Phi) is 4.90. The van der Waals surface area contributed by atoms with Crippen molar-refractivity contribution >= 4 is 16.9 Å². The van der Waals surface area contributed by atoms with E-state index in [0.717, 1.165) is 67.1 Å². The van der Waals surface area contributed by atoms with Crippen molar-refractivity contribution in [3.05, 3.63) is 23.0 Å². The number of piperazine rings is 1. The number of aromatic nitrogens is 3. The van der Waals surface area contributed by atoms with E-state index < -0.39 is 0 Å². The van der Waals surface area contributed by atoms with Gasteiger partial charge in [0.2, 0.25) is 0 Å². The number of morpholine rings is 1. The third kappa shape index (κ3) is 3.23. The van der Waals surface area contributed by atoms with Gasteiger partial charge in [-0.3, -0.25) is 14.4 Å². The first-order valence-electron chi connectivity index (χ1n) is 9.93. The van der Waals surface area contributed by atoms with Gasteiger partial charge in [-0.05, 0) is 26.3 Å². The number of fused-ring (bicyclic) bond motifs is 2. The number of hydrogen-bond acceptors (Lipinski definition) is 5. The third-order valence-corrected chi connectivity index (χ3v) is 5.85. The second-order valence-electron chi connectivity index (χ2n) is 7.84. The predicted molar refractivity (Wildman–Crippen MR) is 104 cm³/mol. The van der Waals surface area contributed by atoms with Gasteiger partial charge in [0.15, 0.2) is 5.65 Å². The zero-order valence-corrected chi connectivity index (χ0v) is 16.7. The molecule has 7 nitrogen and oxygen atoms in total. The molecule has 2 saturated heterocycles. The van der Waals surface area contributed by atoms with E-state index >= 15 is 0 Å². The third-order valence-electron chi connectivity index (χ3n) is 5.85. The second-order valence-corrected chi connectivity index (χ2v) is 7.84. The van der Waals surface area contributed by atoms with Crippen molar-refractivity contribution in [2.45, 2.75) is 45.7 Å².